The van der Waals surface area contributed by atoms with Gasteiger partial charge in [-0.15, -0.1) is 0 Å². The third kappa shape index (κ3) is 10.5. The van der Waals surface area contributed by atoms with E-state index in [9.17, 15) is 24.6 Å². The summed E-state index contributed by atoms with van der Waals surface area (Å²) < 4.78 is 23.1. The highest BCUT2D eigenvalue weighted by molar-refractivity contribution is 6.74. The molecule has 0 unspecified atom stereocenters. The fourth-order valence-electron chi connectivity index (χ4n) is 4.42. The van der Waals surface area contributed by atoms with Crippen molar-refractivity contribution in [1.29, 1.82) is 0 Å². The van der Waals surface area contributed by atoms with Gasteiger partial charge in [-0.25, -0.2) is 9.59 Å². The Hall–Kier alpha value is -2.29. The van der Waals surface area contributed by atoms with Crippen molar-refractivity contribution in [2.75, 3.05) is 7.11 Å². The predicted molar refractivity (Wildman–Crippen MR) is 164 cm³/mol. The number of carbonyl (C=O) groups excluding carboxylic acids is 3. The summed E-state index contributed by atoms with van der Waals surface area (Å²) in [5, 5.41) is 23.2. The van der Waals surface area contributed by atoms with Crippen LogP contribution in [-0.2, 0) is 33.0 Å². The number of rotatable bonds is 13. The Morgan fingerprint density at radius 2 is 1.86 bits per heavy atom. The molecule has 0 aromatic heterocycles. The lowest BCUT2D eigenvalue weighted by Gasteiger charge is -2.50. The van der Waals surface area contributed by atoms with E-state index in [1.165, 1.54) is 19.3 Å². The van der Waals surface area contributed by atoms with Gasteiger partial charge in [0, 0.05) is 30.3 Å². The molecule has 1 aliphatic rings. The molecule has 0 spiro atoms. The first-order valence-electron chi connectivity index (χ1n) is 14.7. The predicted octanol–water partition coefficient (Wildman–Crippen LogP) is 5.00. The number of allylic oxidation sites excluding steroid dienone is 1. The fourth-order valence-corrected chi connectivity index (χ4v) is 5.86. The second kappa shape index (κ2) is 16.0. The Labute approximate surface area is 253 Å². The van der Waals surface area contributed by atoms with Crippen molar-refractivity contribution in [3.63, 3.8) is 0 Å². The first-order valence-corrected chi connectivity index (χ1v) is 17.6. The van der Waals surface area contributed by atoms with E-state index in [1.54, 1.807) is 20.8 Å². The van der Waals surface area contributed by atoms with Crippen LogP contribution in [0.4, 0.5) is 0 Å². The molecule has 2 N–H and O–H groups in total. The van der Waals surface area contributed by atoms with Crippen LogP contribution in [0.1, 0.15) is 87.0 Å². The lowest BCUT2D eigenvalue weighted by Crippen LogP contribution is -2.62. The van der Waals surface area contributed by atoms with Crippen molar-refractivity contribution >= 4 is 26.5 Å². The van der Waals surface area contributed by atoms with E-state index in [0.29, 0.717) is 12.7 Å². The summed E-state index contributed by atoms with van der Waals surface area (Å²) in [5.41, 5.74) is -1.06. The van der Waals surface area contributed by atoms with Crippen LogP contribution in [-0.4, -0.2) is 74.1 Å². The van der Waals surface area contributed by atoms with Crippen LogP contribution in [0.15, 0.2) is 23.8 Å². The number of aliphatic hydroxyl groups excluding tert-OH is 1. The first-order chi connectivity index (χ1) is 19.3. The van der Waals surface area contributed by atoms with Gasteiger partial charge in [0.05, 0.1) is 25.4 Å². The maximum Gasteiger partial charge on any atom is 0.385 e. The molecule has 1 saturated heterocycles. The molecular formula is C32H52O9Si. The molecule has 238 valence electrons. The zero-order valence-corrected chi connectivity index (χ0v) is 28.1. The Kier molecular flexibility index (Phi) is 14.3. The molecule has 10 heteroatoms. The van der Waals surface area contributed by atoms with E-state index in [1.807, 2.05) is 0 Å². The molecule has 5 atom stereocenters. The number of aliphatic hydroxyl groups is 2. The van der Waals surface area contributed by atoms with Gasteiger partial charge in [0.1, 0.15) is 6.29 Å². The van der Waals surface area contributed by atoms with Gasteiger partial charge in [-0.3, -0.25) is 4.79 Å². The third-order valence-corrected chi connectivity index (χ3v) is 12.7. The second-order valence-corrected chi connectivity index (χ2v) is 17.8. The van der Waals surface area contributed by atoms with Crippen LogP contribution < -0.4 is 0 Å². The van der Waals surface area contributed by atoms with E-state index < -0.39 is 55.9 Å². The number of aldehydes is 1. The Morgan fingerprint density at radius 3 is 2.40 bits per heavy atom. The normalized spacial score (nSPS) is 24.0. The van der Waals surface area contributed by atoms with Gasteiger partial charge >= 0.3 is 11.9 Å². The average molecular weight is 609 g/mol. The van der Waals surface area contributed by atoms with Crippen LogP contribution in [0.25, 0.3) is 0 Å². The molecule has 1 rings (SSSR count). The lowest BCUT2D eigenvalue weighted by molar-refractivity contribution is -0.326. The topological polar surface area (TPSA) is 129 Å². The van der Waals surface area contributed by atoms with Gasteiger partial charge in [-0.2, -0.15) is 0 Å². The standard InChI is InChI=1S/C32H52O9Si/c1-11-12-13-14-15-17-27(35)39-29-24(21-28(36)38-8)20-25(40-32(29,37)31(6,7)18-16-19-33)22-26(34)23(2)41-42(9,10)30(3,4)5/h16,18-19,21,23,25-26,29,34,37H,11-14,20,22H2,1-10H3/b18-16+,24-21+/t23-,25+,26-,29+,32-/m1/s1. The minimum absolute atomic E-state index is 0.0522. The van der Waals surface area contributed by atoms with Crippen molar-refractivity contribution in [2.45, 2.75) is 135 Å². The molecule has 42 heavy (non-hydrogen) atoms. The Bertz CT molecular complexity index is 1040. The Morgan fingerprint density at radius 1 is 1.21 bits per heavy atom. The van der Waals surface area contributed by atoms with Crippen LogP contribution in [0, 0.1) is 17.3 Å². The number of esters is 2. The average Bonchev–Trinajstić information content (AvgIpc) is 2.88. The molecule has 0 saturated carbocycles. The van der Waals surface area contributed by atoms with Crippen molar-refractivity contribution < 1.29 is 43.2 Å². The van der Waals surface area contributed by atoms with Crippen molar-refractivity contribution in [1.82, 2.24) is 0 Å². The number of methoxy groups -OCH3 is 1. The molecular weight excluding hydrogens is 556 g/mol. The highest BCUT2D eigenvalue weighted by Crippen LogP contribution is 2.46. The van der Waals surface area contributed by atoms with Crippen LogP contribution in [0.3, 0.4) is 0 Å². The van der Waals surface area contributed by atoms with Gasteiger partial charge < -0.3 is 28.8 Å². The summed E-state index contributed by atoms with van der Waals surface area (Å²) in [6.07, 6.45) is 4.09. The van der Waals surface area contributed by atoms with Gasteiger partial charge in [-0.05, 0) is 49.5 Å². The lowest BCUT2D eigenvalue weighted by atomic mass is 9.74. The fraction of sp³-hybridized carbons (Fsp3) is 0.719. The minimum atomic E-state index is -2.24. The molecule has 0 aromatic rings. The number of ether oxygens (including phenoxy) is 3. The maximum atomic E-state index is 12.8. The van der Waals surface area contributed by atoms with E-state index in [2.05, 4.69) is 52.6 Å². The third-order valence-electron chi connectivity index (χ3n) is 8.17. The van der Waals surface area contributed by atoms with E-state index >= 15 is 0 Å². The van der Waals surface area contributed by atoms with E-state index in [4.69, 9.17) is 18.6 Å². The maximum absolute atomic E-state index is 12.8. The summed E-state index contributed by atoms with van der Waals surface area (Å²) in [6.45, 7) is 17.6. The minimum Gasteiger partial charge on any atom is -0.466 e. The smallest absolute Gasteiger partial charge is 0.385 e. The number of unbranched alkanes of at least 4 members (excludes halogenated alkanes) is 3. The second-order valence-electron chi connectivity index (χ2n) is 13.0. The first kappa shape index (κ1) is 37.7. The van der Waals surface area contributed by atoms with Crippen LogP contribution in [0.2, 0.25) is 18.1 Å². The highest BCUT2D eigenvalue weighted by atomic mass is 28.4. The van der Waals surface area contributed by atoms with Crippen molar-refractivity contribution in [3.05, 3.63) is 23.8 Å². The molecule has 1 aliphatic heterocycles. The van der Waals surface area contributed by atoms with Crippen molar-refractivity contribution in [3.8, 4) is 11.8 Å². The molecule has 0 radical (unpaired) electrons. The largest absolute Gasteiger partial charge is 0.466 e. The van der Waals surface area contributed by atoms with Gasteiger partial charge in [0.25, 0.3) is 0 Å². The summed E-state index contributed by atoms with van der Waals surface area (Å²) in [7, 11) is -0.980. The van der Waals surface area contributed by atoms with Gasteiger partial charge in [0.2, 0.25) is 5.79 Å². The summed E-state index contributed by atoms with van der Waals surface area (Å²) in [4.78, 5) is 36.4. The number of carbonyl (C=O) groups is 3. The quantitative estimate of drug-likeness (QED) is 0.0564. The van der Waals surface area contributed by atoms with E-state index in [-0.39, 0.29) is 23.5 Å². The zero-order valence-electron chi connectivity index (χ0n) is 27.1. The Balaban J connectivity index is 3.47. The molecule has 0 bridgehead atoms. The van der Waals surface area contributed by atoms with Crippen LogP contribution >= 0.6 is 0 Å². The summed E-state index contributed by atoms with van der Waals surface area (Å²) >= 11 is 0. The highest BCUT2D eigenvalue weighted by Gasteiger charge is 2.57. The molecule has 0 amide bonds. The molecule has 1 fully saturated rings. The summed E-state index contributed by atoms with van der Waals surface area (Å²) in [6, 6.07) is 0. The zero-order chi connectivity index (χ0) is 32.4. The van der Waals surface area contributed by atoms with Gasteiger partial charge in [0.15, 0.2) is 14.4 Å². The van der Waals surface area contributed by atoms with Crippen molar-refractivity contribution in [2.24, 2.45) is 5.41 Å². The molecule has 1 heterocycles. The molecule has 0 aromatic carbocycles. The SMILES string of the molecule is CCCCCC#CC(=O)O[C@H]1/C(=C/C(=O)OC)C[C@@H](C[C@@H](O)[C@@H](C)O[Si](C)(C)C(C)(C)C)O[C@@]1(O)C(C)(C)/C=C/C=O. The summed E-state index contributed by atoms with van der Waals surface area (Å²) in [5.74, 6) is 1.40. The molecule has 9 nitrogen and oxygen atoms in total. The number of hydrogen-bond donors (Lipinski definition) is 2. The molecule has 0 aliphatic carbocycles. The van der Waals surface area contributed by atoms with Crippen LogP contribution in [0.5, 0.6) is 0 Å². The number of hydrogen-bond acceptors (Lipinski definition) is 9. The van der Waals surface area contributed by atoms with E-state index in [0.717, 1.165) is 25.3 Å². The van der Waals surface area contributed by atoms with Gasteiger partial charge in [-0.1, -0.05) is 66.4 Å². The monoisotopic (exact) mass is 608 g/mol.